The molecular weight excluding hydrogens is 272 g/mol. The summed E-state index contributed by atoms with van der Waals surface area (Å²) >= 11 is 0. The van der Waals surface area contributed by atoms with Crippen molar-refractivity contribution in [3.05, 3.63) is 35.4 Å². The second-order valence-electron chi connectivity index (χ2n) is 7.29. The Kier molecular flexibility index (Phi) is 4.26. The summed E-state index contributed by atoms with van der Waals surface area (Å²) in [5.41, 5.74) is 2.70. The van der Waals surface area contributed by atoms with Gasteiger partial charge in [-0.25, -0.2) is 0 Å². The monoisotopic (exact) mass is 300 g/mol. The molecule has 1 amide bonds. The van der Waals surface area contributed by atoms with Crippen LogP contribution in [-0.4, -0.2) is 36.0 Å². The summed E-state index contributed by atoms with van der Waals surface area (Å²) in [5, 5.41) is 3.44. The number of amides is 1. The average molecular weight is 300 g/mol. The van der Waals surface area contributed by atoms with E-state index in [2.05, 4.69) is 62.2 Å². The zero-order valence-corrected chi connectivity index (χ0v) is 14.2. The predicted molar refractivity (Wildman–Crippen MR) is 90.0 cm³/mol. The van der Waals surface area contributed by atoms with Gasteiger partial charge in [-0.15, -0.1) is 0 Å². The first-order chi connectivity index (χ1) is 10.5. The van der Waals surface area contributed by atoms with Crippen LogP contribution in [0.4, 0.5) is 0 Å². The molecule has 1 aromatic carbocycles. The molecule has 3 nitrogen and oxygen atoms in total. The molecule has 120 valence electrons. The molecule has 4 atom stereocenters. The van der Waals surface area contributed by atoms with Crippen LogP contribution in [0.1, 0.15) is 57.1 Å². The van der Waals surface area contributed by atoms with E-state index in [1.54, 1.807) is 0 Å². The first-order valence-corrected chi connectivity index (χ1v) is 8.62. The van der Waals surface area contributed by atoms with Crippen LogP contribution >= 0.6 is 0 Å². The first kappa shape index (κ1) is 15.5. The molecule has 1 saturated carbocycles. The van der Waals surface area contributed by atoms with Crippen molar-refractivity contribution in [2.75, 3.05) is 13.1 Å². The van der Waals surface area contributed by atoms with Crippen molar-refractivity contribution in [1.82, 2.24) is 10.2 Å². The van der Waals surface area contributed by atoms with Gasteiger partial charge < -0.3 is 10.2 Å². The molecule has 4 unspecified atom stereocenters. The lowest BCUT2D eigenvalue weighted by atomic mass is 9.99. The van der Waals surface area contributed by atoms with E-state index < -0.39 is 0 Å². The fraction of sp³-hybridized carbons (Fsp3) is 0.632. The molecule has 1 heterocycles. The number of carbonyl (C=O) groups is 1. The summed E-state index contributed by atoms with van der Waals surface area (Å²) in [6.45, 7) is 10.5. The summed E-state index contributed by atoms with van der Waals surface area (Å²) in [6, 6.07) is 9.56. The first-order valence-electron chi connectivity index (χ1n) is 8.62. The molecule has 2 fully saturated rings. The van der Waals surface area contributed by atoms with Crippen molar-refractivity contribution < 1.29 is 4.79 Å². The zero-order valence-electron chi connectivity index (χ0n) is 14.2. The van der Waals surface area contributed by atoms with E-state index in [0.29, 0.717) is 29.8 Å². The highest BCUT2D eigenvalue weighted by atomic mass is 16.2. The molecule has 2 aliphatic rings. The number of rotatable bonds is 3. The minimum absolute atomic E-state index is 0.206. The molecule has 3 heteroatoms. The molecule has 3 rings (SSSR count). The van der Waals surface area contributed by atoms with Gasteiger partial charge in [0, 0.05) is 31.1 Å². The highest BCUT2D eigenvalue weighted by molar-refractivity contribution is 5.83. The van der Waals surface area contributed by atoms with Crippen LogP contribution < -0.4 is 5.32 Å². The van der Waals surface area contributed by atoms with Gasteiger partial charge in [0.05, 0.1) is 0 Å². The van der Waals surface area contributed by atoms with Crippen LogP contribution in [-0.2, 0) is 4.79 Å². The van der Waals surface area contributed by atoms with Crippen LogP contribution in [0.15, 0.2) is 24.3 Å². The topological polar surface area (TPSA) is 32.3 Å². The van der Waals surface area contributed by atoms with Gasteiger partial charge in [-0.3, -0.25) is 4.79 Å². The van der Waals surface area contributed by atoms with E-state index >= 15 is 0 Å². The molecule has 1 aliphatic carbocycles. The third kappa shape index (κ3) is 2.91. The van der Waals surface area contributed by atoms with Gasteiger partial charge in [0.15, 0.2) is 0 Å². The summed E-state index contributed by atoms with van der Waals surface area (Å²) in [7, 11) is 0. The Hall–Kier alpha value is -1.35. The zero-order chi connectivity index (χ0) is 15.9. The summed E-state index contributed by atoms with van der Waals surface area (Å²) in [6.07, 6.45) is 1.02. The van der Waals surface area contributed by atoms with E-state index in [4.69, 9.17) is 0 Å². The van der Waals surface area contributed by atoms with Gasteiger partial charge in [0.25, 0.3) is 0 Å². The van der Waals surface area contributed by atoms with Crippen molar-refractivity contribution in [3.8, 4) is 0 Å². The SMILES string of the molecule is CC(C)c1ccc(C2CC2C(=O)N2CCNC(C)C2C)cc1. The van der Waals surface area contributed by atoms with Gasteiger partial charge in [-0.05, 0) is 43.2 Å². The number of nitrogens with one attached hydrogen (secondary N) is 1. The molecule has 0 bridgehead atoms. The number of benzene rings is 1. The van der Waals surface area contributed by atoms with Gasteiger partial charge in [-0.2, -0.15) is 0 Å². The fourth-order valence-corrected chi connectivity index (χ4v) is 3.55. The lowest BCUT2D eigenvalue weighted by molar-refractivity contribution is -0.136. The lowest BCUT2D eigenvalue weighted by Crippen LogP contribution is -2.57. The third-order valence-electron chi connectivity index (χ3n) is 5.46. The molecular formula is C19H28N2O. The Morgan fingerprint density at radius 2 is 1.91 bits per heavy atom. The van der Waals surface area contributed by atoms with E-state index in [1.807, 2.05) is 0 Å². The van der Waals surface area contributed by atoms with Crippen LogP contribution in [0, 0.1) is 5.92 Å². The highest BCUT2D eigenvalue weighted by Gasteiger charge is 2.47. The van der Waals surface area contributed by atoms with Crippen molar-refractivity contribution >= 4 is 5.91 Å². The summed E-state index contributed by atoms with van der Waals surface area (Å²) < 4.78 is 0. The highest BCUT2D eigenvalue weighted by Crippen LogP contribution is 2.49. The Bertz CT molecular complexity index is 537. The molecule has 1 N–H and O–H groups in total. The molecule has 1 saturated heterocycles. The van der Waals surface area contributed by atoms with E-state index in [1.165, 1.54) is 11.1 Å². The Labute approximate surface area is 134 Å². The van der Waals surface area contributed by atoms with E-state index in [-0.39, 0.29) is 5.92 Å². The Morgan fingerprint density at radius 1 is 1.23 bits per heavy atom. The molecule has 0 spiro atoms. The van der Waals surface area contributed by atoms with E-state index in [9.17, 15) is 4.79 Å². The second kappa shape index (κ2) is 6.04. The largest absolute Gasteiger partial charge is 0.337 e. The van der Waals surface area contributed by atoms with Gasteiger partial charge >= 0.3 is 0 Å². The standard InChI is InChI=1S/C19H28N2O/c1-12(2)15-5-7-16(8-6-15)17-11-18(17)19(22)21-10-9-20-13(3)14(21)4/h5-8,12-14,17-18,20H,9-11H2,1-4H3. The molecule has 1 aromatic rings. The maximum atomic E-state index is 12.8. The summed E-state index contributed by atoms with van der Waals surface area (Å²) in [4.78, 5) is 14.9. The molecule has 0 aromatic heterocycles. The minimum Gasteiger partial charge on any atom is -0.337 e. The fourth-order valence-electron chi connectivity index (χ4n) is 3.55. The van der Waals surface area contributed by atoms with Gasteiger partial charge in [0.1, 0.15) is 0 Å². The quantitative estimate of drug-likeness (QED) is 0.930. The lowest BCUT2D eigenvalue weighted by Gasteiger charge is -2.38. The minimum atomic E-state index is 0.206. The molecule has 1 aliphatic heterocycles. The maximum Gasteiger partial charge on any atom is 0.226 e. The van der Waals surface area contributed by atoms with Crippen LogP contribution in [0.25, 0.3) is 0 Å². The van der Waals surface area contributed by atoms with Crippen LogP contribution in [0.5, 0.6) is 0 Å². The van der Waals surface area contributed by atoms with Crippen molar-refractivity contribution in [2.45, 2.75) is 58.0 Å². The smallest absolute Gasteiger partial charge is 0.226 e. The Balaban J connectivity index is 1.65. The van der Waals surface area contributed by atoms with E-state index in [0.717, 1.165) is 19.5 Å². The average Bonchev–Trinajstić information content (AvgIpc) is 3.30. The maximum absolute atomic E-state index is 12.8. The van der Waals surface area contributed by atoms with Gasteiger partial charge in [0.2, 0.25) is 5.91 Å². The van der Waals surface area contributed by atoms with Crippen molar-refractivity contribution in [1.29, 1.82) is 0 Å². The summed E-state index contributed by atoms with van der Waals surface area (Å²) in [5.74, 6) is 1.57. The molecule has 22 heavy (non-hydrogen) atoms. The Morgan fingerprint density at radius 3 is 2.55 bits per heavy atom. The van der Waals surface area contributed by atoms with Gasteiger partial charge in [-0.1, -0.05) is 38.1 Å². The number of carbonyl (C=O) groups excluding carboxylic acids is 1. The van der Waals surface area contributed by atoms with Crippen molar-refractivity contribution in [2.24, 2.45) is 5.92 Å². The number of hydrogen-bond acceptors (Lipinski definition) is 2. The predicted octanol–water partition coefficient (Wildman–Crippen LogP) is 3.12. The third-order valence-corrected chi connectivity index (χ3v) is 5.46. The normalized spacial score (nSPS) is 31.4. The molecule has 0 radical (unpaired) electrons. The number of nitrogens with zero attached hydrogens (tertiary/aromatic N) is 1. The number of piperazine rings is 1. The number of hydrogen-bond donors (Lipinski definition) is 1. The van der Waals surface area contributed by atoms with Crippen LogP contribution in [0.3, 0.4) is 0 Å². The van der Waals surface area contributed by atoms with Crippen LogP contribution in [0.2, 0.25) is 0 Å². The second-order valence-corrected chi connectivity index (χ2v) is 7.29. The van der Waals surface area contributed by atoms with Crippen molar-refractivity contribution in [3.63, 3.8) is 0 Å².